The maximum atomic E-state index is 14.8. The van der Waals surface area contributed by atoms with Crippen molar-refractivity contribution in [2.75, 3.05) is 19.7 Å². The number of nitrogens with zero attached hydrogens (tertiary/aromatic N) is 4. The largest absolute Gasteiger partial charge is 0.450 e. The normalized spacial score (nSPS) is 14.2. The third-order valence-electron chi connectivity index (χ3n) is 6.56. The van der Waals surface area contributed by atoms with Crippen LogP contribution in [0.2, 0.25) is 25.7 Å². The van der Waals surface area contributed by atoms with E-state index in [1.807, 2.05) is 37.6 Å². The lowest BCUT2D eigenvalue weighted by atomic mass is 9.99. The summed E-state index contributed by atoms with van der Waals surface area (Å²) in [6.45, 7) is 13.7. The van der Waals surface area contributed by atoms with Crippen LogP contribution in [-0.2, 0) is 16.2 Å². The van der Waals surface area contributed by atoms with E-state index in [1.54, 1.807) is 4.90 Å². The molecule has 0 bridgehead atoms. The molecule has 2 aromatic heterocycles. The van der Waals surface area contributed by atoms with E-state index in [4.69, 9.17) is 14.2 Å². The molecule has 3 heterocycles. The minimum absolute atomic E-state index is 0.123. The van der Waals surface area contributed by atoms with Gasteiger partial charge < -0.3 is 23.7 Å². The van der Waals surface area contributed by atoms with Crippen LogP contribution in [0.1, 0.15) is 32.8 Å². The summed E-state index contributed by atoms with van der Waals surface area (Å²) in [6, 6.07) is 3.69. The average Bonchev–Trinajstić information content (AvgIpc) is 3.26. The lowest BCUT2D eigenvalue weighted by Gasteiger charge is -2.29. The summed E-state index contributed by atoms with van der Waals surface area (Å²) < 4.78 is 48.6. The fourth-order valence-corrected chi connectivity index (χ4v) is 5.18. The van der Waals surface area contributed by atoms with Gasteiger partial charge in [0.25, 0.3) is 5.69 Å². The number of ether oxygens (including phenoxy) is 3. The number of aromatic nitrogens is 2. The molecule has 226 valence electrons. The molecule has 0 atom stereocenters. The molecular formula is C29H36F2N4O6Si. The minimum Gasteiger partial charge on any atom is -0.450 e. The van der Waals surface area contributed by atoms with Gasteiger partial charge in [0.1, 0.15) is 23.7 Å². The Bertz CT molecular complexity index is 1500. The summed E-state index contributed by atoms with van der Waals surface area (Å²) >= 11 is 0. The van der Waals surface area contributed by atoms with E-state index in [2.05, 4.69) is 24.6 Å². The molecule has 0 spiro atoms. The number of non-ortho nitro benzene ring substituents is 1. The summed E-state index contributed by atoms with van der Waals surface area (Å²) in [5.41, 5.74) is 0.747. The van der Waals surface area contributed by atoms with Gasteiger partial charge in [0, 0.05) is 45.7 Å². The molecule has 0 radical (unpaired) electrons. The Labute approximate surface area is 244 Å². The highest BCUT2D eigenvalue weighted by Gasteiger charge is 2.27. The number of rotatable bonds is 9. The number of benzene rings is 1. The molecule has 0 N–H and O–H groups in total. The standard InChI is InChI=1S/C29H36F2N4O6Si/c1-29(2,3)41-28(36)33-11-8-19(9-12-33)21-17-34(18-39-13-14-42(4,5)6)27-25(21)24(7-10-32-27)40-26-22(30)15-20(35(37)38)16-23(26)31/h7-8,10,15-17H,9,11-14,18H2,1-6H3. The monoisotopic (exact) mass is 602 g/mol. The molecule has 42 heavy (non-hydrogen) atoms. The molecule has 1 aromatic carbocycles. The predicted octanol–water partition coefficient (Wildman–Crippen LogP) is 7.35. The van der Waals surface area contributed by atoms with E-state index < -0.39 is 47.8 Å². The molecule has 4 rings (SSSR count). The van der Waals surface area contributed by atoms with Gasteiger partial charge in [-0.2, -0.15) is 0 Å². The second-order valence-electron chi connectivity index (χ2n) is 12.4. The number of nitro benzene ring substituents is 1. The van der Waals surface area contributed by atoms with Crippen LogP contribution in [0.4, 0.5) is 19.3 Å². The van der Waals surface area contributed by atoms with E-state index in [-0.39, 0.29) is 12.5 Å². The van der Waals surface area contributed by atoms with Crippen LogP contribution >= 0.6 is 0 Å². The van der Waals surface area contributed by atoms with Gasteiger partial charge >= 0.3 is 6.09 Å². The van der Waals surface area contributed by atoms with E-state index in [0.717, 1.165) is 11.6 Å². The van der Waals surface area contributed by atoms with E-state index in [1.165, 1.54) is 12.3 Å². The van der Waals surface area contributed by atoms with Gasteiger partial charge in [-0.1, -0.05) is 25.7 Å². The molecule has 0 fully saturated rings. The summed E-state index contributed by atoms with van der Waals surface area (Å²) in [6.07, 6.45) is 5.30. The maximum absolute atomic E-state index is 14.8. The Kier molecular flexibility index (Phi) is 9.02. The molecule has 0 aliphatic carbocycles. The van der Waals surface area contributed by atoms with Crippen LogP contribution in [-0.4, -0.2) is 58.8 Å². The molecule has 0 saturated heterocycles. The van der Waals surface area contributed by atoms with Gasteiger partial charge in [-0.05, 0) is 44.9 Å². The number of halogens is 2. The predicted molar refractivity (Wildman–Crippen MR) is 157 cm³/mol. The van der Waals surface area contributed by atoms with E-state index in [9.17, 15) is 23.7 Å². The molecule has 1 aliphatic rings. The fraction of sp³-hybridized carbons (Fsp3) is 0.448. The van der Waals surface area contributed by atoms with Crippen LogP contribution in [0.5, 0.6) is 11.5 Å². The Morgan fingerprint density at radius 2 is 1.88 bits per heavy atom. The highest BCUT2D eigenvalue weighted by molar-refractivity contribution is 6.76. The third kappa shape index (κ3) is 7.51. The van der Waals surface area contributed by atoms with Crippen molar-refractivity contribution in [2.24, 2.45) is 0 Å². The highest BCUT2D eigenvalue weighted by Crippen LogP contribution is 2.39. The topological polar surface area (TPSA) is 109 Å². The van der Waals surface area contributed by atoms with Crippen molar-refractivity contribution in [1.29, 1.82) is 0 Å². The van der Waals surface area contributed by atoms with Crippen LogP contribution in [0, 0.1) is 21.7 Å². The maximum Gasteiger partial charge on any atom is 0.410 e. The molecule has 13 heteroatoms. The summed E-state index contributed by atoms with van der Waals surface area (Å²) in [5, 5.41) is 11.5. The summed E-state index contributed by atoms with van der Waals surface area (Å²) in [5.74, 6) is -3.04. The van der Waals surface area contributed by atoms with Crippen molar-refractivity contribution in [2.45, 2.75) is 65.2 Å². The number of pyridine rings is 1. The van der Waals surface area contributed by atoms with Gasteiger partial charge in [-0.3, -0.25) is 10.1 Å². The minimum atomic E-state index is -1.31. The number of carbonyl (C=O) groups excluding carboxylic acids is 1. The molecule has 0 unspecified atom stereocenters. The molecule has 3 aromatic rings. The van der Waals surface area contributed by atoms with Crippen molar-refractivity contribution in [3.8, 4) is 11.5 Å². The smallest absolute Gasteiger partial charge is 0.410 e. The van der Waals surface area contributed by atoms with Crippen LogP contribution in [0.3, 0.4) is 0 Å². The van der Waals surface area contributed by atoms with Gasteiger partial charge in [0.2, 0.25) is 0 Å². The van der Waals surface area contributed by atoms with Gasteiger partial charge in [-0.15, -0.1) is 0 Å². The lowest BCUT2D eigenvalue weighted by molar-refractivity contribution is -0.385. The van der Waals surface area contributed by atoms with Crippen molar-refractivity contribution >= 4 is 36.5 Å². The second kappa shape index (κ2) is 12.2. The van der Waals surface area contributed by atoms with E-state index >= 15 is 0 Å². The molecule has 1 amide bonds. The SMILES string of the molecule is CC(C)(C)OC(=O)N1CC=C(c2cn(COCC[Si](C)(C)C)c3nccc(Oc4c(F)cc([N+](=O)[O-])cc4F)c23)CC1. The summed E-state index contributed by atoms with van der Waals surface area (Å²) in [7, 11) is -1.31. The molecule has 0 saturated carbocycles. The number of amides is 1. The first kappa shape index (κ1) is 31.1. The first-order valence-electron chi connectivity index (χ1n) is 13.7. The van der Waals surface area contributed by atoms with Crippen molar-refractivity contribution in [3.63, 3.8) is 0 Å². The molecular weight excluding hydrogens is 566 g/mol. The first-order chi connectivity index (χ1) is 19.6. The fourth-order valence-electron chi connectivity index (χ4n) is 4.42. The van der Waals surface area contributed by atoms with Crippen LogP contribution in [0.25, 0.3) is 16.6 Å². The van der Waals surface area contributed by atoms with E-state index in [0.29, 0.717) is 54.8 Å². The number of hydrogen-bond acceptors (Lipinski definition) is 7. The van der Waals surface area contributed by atoms with Crippen molar-refractivity contribution in [3.05, 3.63) is 64.0 Å². The van der Waals surface area contributed by atoms with Gasteiger partial charge in [-0.25, -0.2) is 18.6 Å². The lowest BCUT2D eigenvalue weighted by Crippen LogP contribution is -2.39. The number of hydrogen-bond donors (Lipinski definition) is 0. The highest BCUT2D eigenvalue weighted by atomic mass is 28.3. The van der Waals surface area contributed by atoms with Crippen molar-refractivity contribution < 1.29 is 32.7 Å². The zero-order valence-electron chi connectivity index (χ0n) is 24.7. The Hall–Kier alpha value is -3.84. The number of carbonyl (C=O) groups is 1. The quantitative estimate of drug-likeness (QED) is 0.109. The Morgan fingerprint density at radius 1 is 1.19 bits per heavy atom. The average molecular weight is 603 g/mol. The Morgan fingerprint density at radius 3 is 2.45 bits per heavy atom. The molecule has 1 aliphatic heterocycles. The summed E-state index contributed by atoms with van der Waals surface area (Å²) in [4.78, 5) is 28.9. The molecule has 10 nitrogen and oxygen atoms in total. The Balaban J connectivity index is 1.71. The zero-order valence-corrected chi connectivity index (χ0v) is 25.7. The van der Waals surface area contributed by atoms with Gasteiger partial charge in [0.15, 0.2) is 17.4 Å². The second-order valence-corrected chi connectivity index (χ2v) is 18.0. The third-order valence-corrected chi connectivity index (χ3v) is 8.26. The van der Waals surface area contributed by atoms with Crippen LogP contribution < -0.4 is 4.74 Å². The zero-order chi connectivity index (χ0) is 30.8. The number of fused-ring (bicyclic) bond motifs is 1. The number of nitro groups is 1. The first-order valence-corrected chi connectivity index (χ1v) is 17.4. The van der Waals surface area contributed by atoms with Gasteiger partial charge in [0.05, 0.1) is 22.4 Å². The van der Waals surface area contributed by atoms with Crippen molar-refractivity contribution in [1.82, 2.24) is 14.5 Å². The van der Waals surface area contributed by atoms with Crippen LogP contribution in [0.15, 0.2) is 36.7 Å².